The highest BCUT2D eigenvalue weighted by molar-refractivity contribution is 5.40. The summed E-state index contributed by atoms with van der Waals surface area (Å²) in [4.78, 5) is 0. The van der Waals surface area contributed by atoms with E-state index >= 15 is 0 Å². The molecule has 0 bridgehead atoms. The Morgan fingerprint density at radius 1 is 1.20 bits per heavy atom. The Morgan fingerprint density at radius 2 is 1.70 bits per heavy atom. The van der Waals surface area contributed by atoms with Crippen LogP contribution in [-0.2, 0) is 6.42 Å². The second-order valence-corrected chi connectivity index (χ2v) is 3.49. The van der Waals surface area contributed by atoms with Crippen molar-refractivity contribution in [2.75, 3.05) is 6.61 Å². The van der Waals surface area contributed by atoms with Crippen LogP contribution in [0.3, 0.4) is 0 Å². The molecule has 1 atom stereocenters. The van der Waals surface area contributed by atoms with Gasteiger partial charge in [0.1, 0.15) is 11.9 Å². The summed E-state index contributed by atoms with van der Waals surface area (Å²) >= 11 is 0. The molecule has 20 heavy (non-hydrogen) atoms. The number of aryl methyl sites for hydroxylation is 1. The lowest BCUT2D eigenvalue weighted by Gasteiger charge is -2.04. The molecule has 1 unspecified atom stereocenters. The van der Waals surface area contributed by atoms with Crippen LogP contribution < -0.4 is 4.74 Å². The zero-order chi connectivity index (χ0) is 16.1. The molecule has 1 aliphatic heterocycles. The van der Waals surface area contributed by atoms with Gasteiger partial charge in [0.15, 0.2) is 0 Å². The summed E-state index contributed by atoms with van der Waals surface area (Å²) in [6.07, 6.45) is 0.815. The Balaban J connectivity index is 0. The average molecular weight is 294 g/mol. The van der Waals surface area contributed by atoms with Crippen LogP contribution in [0.4, 0.5) is 13.2 Å². The summed E-state index contributed by atoms with van der Waals surface area (Å²) in [6.45, 7) is 6.50. The molecule has 118 valence electrons. The number of hydrogen-bond acceptors (Lipinski definition) is 2. The summed E-state index contributed by atoms with van der Waals surface area (Å²) < 4.78 is 34.5. The molecule has 0 radical (unpaired) electrons. The number of ether oxygens (including phenoxy) is 1. The maximum Gasteiger partial charge on any atom is 0.379 e. The van der Waals surface area contributed by atoms with Gasteiger partial charge in [0.2, 0.25) is 0 Å². The number of alkyl halides is 3. The van der Waals surface area contributed by atoms with Crippen LogP contribution in [0.25, 0.3) is 0 Å². The van der Waals surface area contributed by atoms with Crippen LogP contribution in [0.2, 0.25) is 0 Å². The summed E-state index contributed by atoms with van der Waals surface area (Å²) in [5.41, 5.74) is 2.46. The third-order valence-electron chi connectivity index (χ3n) is 2.16. The minimum absolute atomic E-state index is 0.0261. The molecule has 0 spiro atoms. The first-order chi connectivity index (χ1) is 9.52. The van der Waals surface area contributed by atoms with Crippen molar-refractivity contribution in [3.05, 3.63) is 29.3 Å². The van der Waals surface area contributed by atoms with E-state index in [1.807, 2.05) is 39.8 Å². The third kappa shape index (κ3) is 8.80. The number of aliphatic hydroxyl groups excluding tert-OH is 1. The highest BCUT2D eigenvalue weighted by Crippen LogP contribution is 2.28. The zero-order valence-corrected chi connectivity index (χ0v) is 12.8. The number of benzene rings is 1. The van der Waals surface area contributed by atoms with Crippen LogP contribution >= 0.6 is 0 Å². The van der Waals surface area contributed by atoms with Crippen molar-refractivity contribution >= 4 is 0 Å². The van der Waals surface area contributed by atoms with Crippen molar-refractivity contribution in [2.45, 2.75) is 53.8 Å². The molecule has 1 heterocycles. The topological polar surface area (TPSA) is 29.5 Å². The summed E-state index contributed by atoms with van der Waals surface area (Å²) in [6, 6.07) is 6.11. The molecule has 2 nitrogen and oxygen atoms in total. The predicted octanol–water partition coefficient (Wildman–Crippen LogP) is 4.52. The van der Waals surface area contributed by atoms with Gasteiger partial charge >= 0.3 is 6.68 Å². The second kappa shape index (κ2) is 12.8. The molecule has 0 aliphatic carbocycles. The van der Waals surface area contributed by atoms with Crippen molar-refractivity contribution in [2.24, 2.45) is 0 Å². The van der Waals surface area contributed by atoms with Gasteiger partial charge in [0, 0.05) is 6.42 Å². The van der Waals surface area contributed by atoms with Gasteiger partial charge in [-0.25, -0.2) is 0 Å². The minimum Gasteiger partial charge on any atom is -0.487 e. The summed E-state index contributed by atoms with van der Waals surface area (Å²) in [7, 11) is 0. The van der Waals surface area contributed by atoms with Crippen LogP contribution in [0, 0.1) is 6.92 Å². The number of rotatable bonds is 1. The average Bonchev–Trinajstić information content (AvgIpc) is 2.85. The fourth-order valence-corrected chi connectivity index (χ4v) is 1.55. The van der Waals surface area contributed by atoms with Crippen molar-refractivity contribution in [3.63, 3.8) is 0 Å². The summed E-state index contributed by atoms with van der Waals surface area (Å²) in [5, 5.41) is 8.88. The molecule has 1 aliphatic rings. The highest BCUT2D eigenvalue weighted by atomic mass is 19.4. The lowest BCUT2D eigenvalue weighted by atomic mass is 10.1. The molecule has 5 heteroatoms. The first-order valence-electron chi connectivity index (χ1n) is 6.82. The van der Waals surface area contributed by atoms with Crippen LogP contribution in [-0.4, -0.2) is 24.5 Å². The first kappa shape index (κ1) is 21.1. The normalized spacial score (nSPS) is 14.6. The van der Waals surface area contributed by atoms with E-state index in [4.69, 9.17) is 9.84 Å². The molecule has 0 fully saturated rings. The zero-order valence-electron chi connectivity index (χ0n) is 12.8. The van der Waals surface area contributed by atoms with E-state index in [0.717, 1.165) is 12.2 Å². The molecule has 1 aromatic rings. The number of halogens is 3. The number of aliphatic hydroxyl groups is 1. The smallest absolute Gasteiger partial charge is 0.379 e. The van der Waals surface area contributed by atoms with Gasteiger partial charge in [-0.15, -0.1) is 0 Å². The van der Waals surface area contributed by atoms with Crippen LogP contribution in [0.15, 0.2) is 18.2 Å². The van der Waals surface area contributed by atoms with E-state index in [1.165, 1.54) is 11.1 Å². The van der Waals surface area contributed by atoms with E-state index in [2.05, 4.69) is 13.0 Å². The fourth-order valence-electron chi connectivity index (χ4n) is 1.55. The molecule has 0 saturated carbocycles. The van der Waals surface area contributed by atoms with Crippen molar-refractivity contribution in [1.29, 1.82) is 0 Å². The molecular formula is C15H25F3O2. The van der Waals surface area contributed by atoms with E-state index in [-0.39, 0.29) is 12.7 Å². The van der Waals surface area contributed by atoms with E-state index in [9.17, 15) is 13.2 Å². The second-order valence-electron chi connectivity index (χ2n) is 3.49. The highest BCUT2D eigenvalue weighted by Gasteiger charge is 2.21. The Morgan fingerprint density at radius 3 is 2.15 bits per heavy atom. The van der Waals surface area contributed by atoms with Gasteiger partial charge in [0.05, 0.1) is 6.61 Å². The van der Waals surface area contributed by atoms with Crippen molar-refractivity contribution in [1.82, 2.24) is 0 Å². The maximum atomic E-state index is 9.67. The van der Waals surface area contributed by atoms with Gasteiger partial charge < -0.3 is 9.84 Å². The minimum atomic E-state index is -3.67. The lowest BCUT2D eigenvalue weighted by Crippen LogP contribution is -2.17. The molecule has 1 N–H and O–H groups in total. The number of hydrogen-bond donors (Lipinski definition) is 1. The Kier molecular flexibility index (Phi) is 13.5. The molecule has 0 aromatic heterocycles. The predicted molar refractivity (Wildman–Crippen MR) is 76.2 cm³/mol. The van der Waals surface area contributed by atoms with Gasteiger partial charge in [-0.1, -0.05) is 45.4 Å². The largest absolute Gasteiger partial charge is 0.487 e. The Labute approximate surface area is 119 Å². The Bertz CT molecular complexity index is 341. The first-order valence-corrected chi connectivity index (χ1v) is 6.82. The van der Waals surface area contributed by atoms with E-state index in [1.54, 1.807) is 0 Å². The molecule has 0 saturated heterocycles. The van der Waals surface area contributed by atoms with E-state index < -0.39 is 6.68 Å². The van der Waals surface area contributed by atoms with Crippen molar-refractivity contribution in [3.8, 4) is 5.75 Å². The summed E-state index contributed by atoms with van der Waals surface area (Å²) in [5.74, 6) is 0.930. The quantitative estimate of drug-likeness (QED) is 0.825. The SMILES string of the molecule is CC.CC.Cc1ccc2c(c1)CC(CO)O2.FC(F)F. The van der Waals surface area contributed by atoms with Gasteiger partial charge in [-0.2, -0.15) is 13.2 Å². The molecule has 1 aromatic carbocycles. The lowest BCUT2D eigenvalue weighted by molar-refractivity contribution is 0.00819. The van der Waals surface area contributed by atoms with Crippen LogP contribution in [0.1, 0.15) is 38.8 Å². The Hall–Kier alpha value is -1.23. The molecular weight excluding hydrogens is 269 g/mol. The van der Waals surface area contributed by atoms with Gasteiger partial charge in [-0.3, -0.25) is 0 Å². The monoisotopic (exact) mass is 294 g/mol. The van der Waals surface area contributed by atoms with Gasteiger partial charge in [0.25, 0.3) is 0 Å². The van der Waals surface area contributed by atoms with Crippen LogP contribution in [0.5, 0.6) is 5.75 Å². The fraction of sp³-hybridized carbons (Fsp3) is 0.600. The van der Waals surface area contributed by atoms with E-state index in [0.29, 0.717) is 0 Å². The standard InChI is InChI=1S/C10H12O2.2C2H6.CHF3/c1-7-2-3-10-8(4-7)5-9(6-11)12-10;2*1-2;2-1(3)4/h2-4,9,11H,5-6H2,1H3;2*1-2H3;1H. The third-order valence-corrected chi connectivity index (χ3v) is 2.16. The molecule has 0 amide bonds. The molecule has 2 rings (SSSR count). The van der Waals surface area contributed by atoms with Crippen molar-refractivity contribution < 1.29 is 23.0 Å². The maximum absolute atomic E-state index is 9.67. The van der Waals surface area contributed by atoms with Gasteiger partial charge in [-0.05, 0) is 18.6 Å². The number of fused-ring (bicyclic) bond motifs is 1.